The molecule has 2 atom stereocenters. The number of nitrogens with zero attached hydrogens (tertiary/aromatic N) is 3. The highest BCUT2D eigenvalue weighted by Gasteiger charge is 2.40. The fourth-order valence-electron chi connectivity index (χ4n) is 3.61. The minimum Gasteiger partial charge on any atom is -0.480 e. The molecule has 0 radical (unpaired) electrons. The van der Waals surface area contributed by atoms with Gasteiger partial charge < -0.3 is 21.5 Å². The summed E-state index contributed by atoms with van der Waals surface area (Å²) in [5.74, 6) is -2.28. The van der Waals surface area contributed by atoms with Crippen molar-refractivity contribution in [3.05, 3.63) is 30.3 Å². The van der Waals surface area contributed by atoms with Gasteiger partial charge in [0.05, 0.1) is 4.90 Å². The molecule has 12 nitrogen and oxygen atoms in total. The van der Waals surface area contributed by atoms with E-state index >= 15 is 0 Å². The second-order valence-electron chi connectivity index (χ2n) is 8.00. The maximum absolute atomic E-state index is 13.0. The third-order valence-corrected chi connectivity index (χ3v) is 7.39. The Kier molecular flexibility index (Phi) is 10.8. The standard InChI is InChI=1S/C22H32N6O6S/c1-24-22(23)25-13-7-3-6-12-19(29)26-15-17(21(31)32)27-20(30)18-11-8-14-28(18)35(33,34)16-9-4-2-5-10-16/h2,4-5,9-10,17-18H,1,3,6-8,11-15H2,(H2,23,25)(H,26,29)(H,27,30)(H,31,32)/t17-,18-/m0/s1. The van der Waals surface area contributed by atoms with Crippen molar-refractivity contribution in [1.29, 1.82) is 0 Å². The van der Waals surface area contributed by atoms with Gasteiger partial charge >= 0.3 is 5.97 Å². The molecule has 35 heavy (non-hydrogen) atoms. The summed E-state index contributed by atoms with van der Waals surface area (Å²) in [6.45, 7) is 3.57. The van der Waals surface area contributed by atoms with Crippen molar-refractivity contribution in [3.8, 4) is 0 Å². The van der Waals surface area contributed by atoms with Gasteiger partial charge in [0.15, 0.2) is 0 Å². The maximum atomic E-state index is 13.0. The molecule has 1 aromatic carbocycles. The lowest BCUT2D eigenvalue weighted by molar-refractivity contribution is -0.142. The van der Waals surface area contributed by atoms with Crippen LogP contribution < -0.4 is 16.4 Å². The number of amides is 2. The summed E-state index contributed by atoms with van der Waals surface area (Å²) in [7, 11) is -3.91. The van der Waals surface area contributed by atoms with Gasteiger partial charge in [0.1, 0.15) is 12.1 Å². The number of carbonyl (C=O) groups excluding carboxylic acids is 2. The van der Waals surface area contributed by atoms with Gasteiger partial charge in [0.25, 0.3) is 0 Å². The van der Waals surface area contributed by atoms with Gasteiger partial charge in [-0.1, -0.05) is 24.6 Å². The van der Waals surface area contributed by atoms with Crippen molar-refractivity contribution in [2.24, 2.45) is 15.7 Å². The van der Waals surface area contributed by atoms with E-state index in [1.54, 1.807) is 18.2 Å². The Morgan fingerprint density at radius 3 is 2.57 bits per heavy atom. The first-order valence-corrected chi connectivity index (χ1v) is 12.7. The summed E-state index contributed by atoms with van der Waals surface area (Å²) in [5, 5.41) is 14.4. The first-order valence-electron chi connectivity index (χ1n) is 11.3. The van der Waals surface area contributed by atoms with Gasteiger partial charge in [-0.15, -0.1) is 0 Å². The quantitative estimate of drug-likeness (QED) is 0.165. The molecular formula is C22H32N6O6S. The summed E-state index contributed by atoms with van der Waals surface area (Å²) in [6.07, 6.45) is 2.93. The number of aliphatic imine (C=N–C) groups is 2. The van der Waals surface area contributed by atoms with E-state index in [2.05, 4.69) is 27.3 Å². The monoisotopic (exact) mass is 508 g/mol. The van der Waals surface area contributed by atoms with Crippen LogP contribution >= 0.6 is 0 Å². The van der Waals surface area contributed by atoms with Crippen molar-refractivity contribution in [2.75, 3.05) is 19.6 Å². The second kappa shape index (κ2) is 13.5. The SMILES string of the molecule is C=NC(N)=NCCCCCC(=O)NC[C@H](NC(=O)[C@@H]1CCCN1S(=O)(=O)c1ccccc1)C(=O)O. The number of rotatable bonds is 13. The zero-order valence-corrected chi connectivity index (χ0v) is 20.2. The summed E-state index contributed by atoms with van der Waals surface area (Å²) in [5.41, 5.74) is 5.40. The van der Waals surface area contributed by atoms with Crippen LogP contribution in [0.4, 0.5) is 0 Å². The number of nitrogens with two attached hydrogens (primary N) is 1. The lowest BCUT2D eigenvalue weighted by Gasteiger charge is -2.25. The first kappa shape index (κ1) is 27.9. The van der Waals surface area contributed by atoms with Crippen LogP contribution in [0, 0.1) is 0 Å². The van der Waals surface area contributed by atoms with Crippen molar-refractivity contribution in [1.82, 2.24) is 14.9 Å². The fraction of sp³-hybridized carbons (Fsp3) is 0.500. The van der Waals surface area contributed by atoms with Crippen molar-refractivity contribution in [3.63, 3.8) is 0 Å². The van der Waals surface area contributed by atoms with E-state index in [0.717, 1.165) is 4.31 Å². The van der Waals surface area contributed by atoms with E-state index in [9.17, 15) is 27.9 Å². The highest BCUT2D eigenvalue weighted by molar-refractivity contribution is 7.89. The number of hydrogen-bond donors (Lipinski definition) is 4. The molecular weight excluding hydrogens is 476 g/mol. The van der Waals surface area contributed by atoms with Crippen LogP contribution in [0.2, 0.25) is 0 Å². The minimum atomic E-state index is -3.91. The van der Waals surface area contributed by atoms with Crippen molar-refractivity contribution in [2.45, 2.75) is 55.5 Å². The van der Waals surface area contributed by atoms with Crippen LogP contribution in [0.3, 0.4) is 0 Å². The number of guanidine groups is 1. The average molecular weight is 509 g/mol. The number of benzene rings is 1. The van der Waals surface area contributed by atoms with Crippen LogP contribution in [-0.4, -0.2) is 80.0 Å². The highest BCUT2D eigenvalue weighted by Crippen LogP contribution is 2.26. The molecule has 0 aliphatic carbocycles. The molecule has 192 valence electrons. The number of unbranched alkanes of at least 4 members (excludes halogenated alkanes) is 2. The zero-order valence-electron chi connectivity index (χ0n) is 19.4. The Morgan fingerprint density at radius 2 is 1.91 bits per heavy atom. The van der Waals surface area contributed by atoms with E-state index in [1.807, 2.05) is 0 Å². The highest BCUT2D eigenvalue weighted by atomic mass is 32.2. The van der Waals surface area contributed by atoms with Gasteiger partial charge in [0, 0.05) is 26.1 Å². The predicted octanol–water partition coefficient (Wildman–Crippen LogP) is 0.101. The number of hydrogen-bond acceptors (Lipinski definition) is 6. The summed E-state index contributed by atoms with van der Waals surface area (Å²) < 4.78 is 27.0. The second-order valence-corrected chi connectivity index (χ2v) is 9.89. The van der Waals surface area contributed by atoms with Crippen LogP contribution in [0.15, 0.2) is 45.2 Å². The van der Waals surface area contributed by atoms with Crippen LogP contribution in [0.5, 0.6) is 0 Å². The van der Waals surface area contributed by atoms with E-state index in [4.69, 9.17) is 5.73 Å². The lowest BCUT2D eigenvalue weighted by Crippen LogP contribution is -2.54. The molecule has 5 N–H and O–H groups in total. The molecule has 0 saturated carbocycles. The third kappa shape index (κ3) is 8.44. The Balaban J connectivity index is 1.85. The molecule has 1 heterocycles. The molecule has 1 fully saturated rings. The number of nitrogens with one attached hydrogen (secondary N) is 2. The van der Waals surface area contributed by atoms with Gasteiger partial charge in [-0.2, -0.15) is 4.31 Å². The number of carboxylic acid groups (broad SMARTS) is 1. The Labute approximate surface area is 204 Å². The van der Waals surface area contributed by atoms with Crippen molar-refractivity contribution < 1.29 is 27.9 Å². The Morgan fingerprint density at radius 1 is 1.20 bits per heavy atom. The summed E-state index contributed by atoms with van der Waals surface area (Å²) >= 11 is 0. The Bertz CT molecular complexity index is 1030. The third-order valence-electron chi connectivity index (χ3n) is 5.47. The minimum absolute atomic E-state index is 0.0643. The molecule has 0 bridgehead atoms. The molecule has 0 unspecified atom stereocenters. The number of sulfonamides is 1. The largest absolute Gasteiger partial charge is 0.480 e. The van der Waals surface area contributed by atoms with Gasteiger partial charge in [-0.3, -0.25) is 14.6 Å². The topological polar surface area (TPSA) is 184 Å². The molecule has 1 aliphatic heterocycles. The van der Waals surface area contributed by atoms with E-state index in [0.29, 0.717) is 32.2 Å². The summed E-state index contributed by atoms with van der Waals surface area (Å²) in [4.78, 5) is 44.0. The fourth-order valence-corrected chi connectivity index (χ4v) is 5.29. The molecule has 1 aliphatic rings. The summed E-state index contributed by atoms with van der Waals surface area (Å²) in [6, 6.07) is 5.34. The van der Waals surface area contributed by atoms with E-state index in [1.165, 1.54) is 12.1 Å². The zero-order chi connectivity index (χ0) is 25.8. The normalized spacial score (nSPS) is 17.5. The number of carboxylic acids is 1. The van der Waals surface area contributed by atoms with E-state index < -0.39 is 34.0 Å². The number of aliphatic carboxylic acids is 1. The Hall–Kier alpha value is -3.32. The molecule has 13 heteroatoms. The molecule has 2 amide bonds. The maximum Gasteiger partial charge on any atom is 0.328 e. The molecule has 0 spiro atoms. The van der Waals surface area contributed by atoms with Crippen LogP contribution in [0.1, 0.15) is 38.5 Å². The molecule has 2 rings (SSSR count). The van der Waals surface area contributed by atoms with Gasteiger partial charge in [-0.05, 0) is 44.5 Å². The van der Waals surface area contributed by atoms with Crippen LogP contribution in [0.25, 0.3) is 0 Å². The molecule has 1 saturated heterocycles. The van der Waals surface area contributed by atoms with Crippen molar-refractivity contribution >= 4 is 40.5 Å². The lowest BCUT2D eigenvalue weighted by atomic mass is 10.1. The van der Waals surface area contributed by atoms with E-state index in [-0.39, 0.29) is 42.7 Å². The van der Waals surface area contributed by atoms with Gasteiger partial charge in [-0.25, -0.2) is 18.2 Å². The number of carbonyl (C=O) groups is 3. The predicted molar refractivity (Wildman–Crippen MR) is 130 cm³/mol. The van der Waals surface area contributed by atoms with Crippen LogP contribution in [-0.2, 0) is 24.4 Å². The average Bonchev–Trinajstić information content (AvgIpc) is 3.35. The van der Waals surface area contributed by atoms with Gasteiger partial charge in [0.2, 0.25) is 27.8 Å². The molecule has 1 aromatic rings. The smallest absolute Gasteiger partial charge is 0.328 e. The molecule has 0 aromatic heterocycles. The first-order chi connectivity index (χ1) is 16.7.